The molecule has 1 saturated heterocycles. The monoisotopic (exact) mass is 235 g/mol. The summed E-state index contributed by atoms with van der Waals surface area (Å²) in [6, 6.07) is 1.85. The van der Waals surface area contributed by atoms with Crippen LogP contribution in [0.5, 0.6) is 0 Å². The number of aryl methyl sites for hydroxylation is 1. The molecule has 2 rings (SSSR count). The molecule has 1 N–H and O–H groups in total. The van der Waals surface area contributed by atoms with E-state index in [4.69, 9.17) is 0 Å². The number of likely N-dealkylation sites (tertiary alicyclic amines) is 1. The zero-order valence-electron chi connectivity index (χ0n) is 10.6. The molecule has 0 aromatic carbocycles. The first-order valence-corrected chi connectivity index (χ1v) is 6.24. The molecule has 4 heteroatoms. The van der Waals surface area contributed by atoms with Crippen molar-refractivity contribution in [2.45, 2.75) is 12.8 Å². The van der Waals surface area contributed by atoms with Crippen LogP contribution in [-0.2, 0) is 7.05 Å². The van der Waals surface area contributed by atoms with E-state index in [0.29, 0.717) is 5.92 Å². The van der Waals surface area contributed by atoms with Crippen molar-refractivity contribution in [3.05, 3.63) is 24.0 Å². The summed E-state index contributed by atoms with van der Waals surface area (Å²) in [5.74, 6) is 0.684. The van der Waals surface area contributed by atoms with Crippen LogP contribution in [0.25, 0.3) is 0 Å². The highest BCUT2D eigenvalue weighted by Crippen LogP contribution is 2.14. The molecule has 0 atom stereocenters. The van der Waals surface area contributed by atoms with Crippen LogP contribution < -0.4 is 5.32 Å². The summed E-state index contributed by atoms with van der Waals surface area (Å²) < 4.78 is 1.89. The minimum atomic E-state index is 0.0459. The van der Waals surface area contributed by atoms with Crippen molar-refractivity contribution >= 4 is 5.91 Å². The number of amides is 1. The zero-order chi connectivity index (χ0) is 12.3. The van der Waals surface area contributed by atoms with Crippen molar-refractivity contribution in [2.24, 2.45) is 13.0 Å². The number of piperidine rings is 1. The van der Waals surface area contributed by atoms with Gasteiger partial charge < -0.3 is 14.8 Å². The fourth-order valence-electron chi connectivity index (χ4n) is 2.24. The Labute approximate surface area is 103 Å². The highest BCUT2D eigenvalue weighted by atomic mass is 16.1. The molecule has 1 amide bonds. The van der Waals surface area contributed by atoms with E-state index in [1.165, 1.54) is 12.8 Å². The maximum absolute atomic E-state index is 11.8. The quantitative estimate of drug-likeness (QED) is 0.851. The van der Waals surface area contributed by atoms with Gasteiger partial charge in [-0.1, -0.05) is 0 Å². The molecule has 0 unspecified atom stereocenters. The van der Waals surface area contributed by atoms with Crippen LogP contribution in [0.4, 0.5) is 0 Å². The van der Waals surface area contributed by atoms with Crippen molar-refractivity contribution in [1.82, 2.24) is 14.8 Å². The first-order chi connectivity index (χ1) is 8.15. The van der Waals surface area contributed by atoms with Gasteiger partial charge in [-0.2, -0.15) is 0 Å². The third-order valence-electron chi connectivity index (χ3n) is 3.48. The lowest BCUT2D eigenvalue weighted by Crippen LogP contribution is -2.36. The van der Waals surface area contributed by atoms with E-state index < -0.39 is 0 Å². The molecule has 1 aromatic rings. The molecule has 1 fully saturated rings. The Morgan fingerprint density at radius 3 is 2.71 bits per heavy atom. The van der Waals surface area contributed by atoms with Crippen molar-refractivity contribution in [3.63, 3.8) is 0 Å². The van der Waals surface area contributed by atoms with Crippen LogP contribution in [0, 0.1) is 5.92 Å². The summed E-state index contributed by atoms with van der Waals surface area (Å²) in [4.78, 5) is 14.2. The number of hydrogen-bond acceptors (Lipinski definition) is 2. The summed E-state index contributed by atoms with van der Waals surface area (Å²) >= 11 is 0. The van der Waals surface area contributed by atoms with Gasteiger partial charge >= 0.3 is 0 Å². The highest BCUT2D eigenvalue weighted by Gasteiger charge is 2.17. The van der Waals surface area contributed by atoms with E-state index in [9.17, 15) is 4.79 Å². The summed E-state index contributed by atoms with van der Waals surface area (Å²) in [5, 5.41) is 3.03. The lowest BCUT2D eigenvalue weighted by molar-refractivity contribution is 0.0939. The van der Waals surface area contributed by atoms with Gasteiger partial charge in [0.05, 0.1) is 5.56 Å². The van der Waals surface area contributed by atoms with Gasteiger partial charge in [-0.3, -0.25) is 4.79 Å². The predicted octanol–water partition coefficient (Wildman–Crippen LogP) is 1.10. The fraction of sp³-hybridized carbons (Fsp3) is 0.615. The van der Waals surface area contributed by atoms with Crippen LogP contribution in [-0.4, -0.2) is 42.1 Å². The molecule has 1 aliphatic rings. The number of nitrogens with one attached hydrogen (secondary N) is 1. The Bertz CT molecular complexity index is 378. The Kier molecular flexibility index (Phi) is 3.84. The Morgan fingerprint density at radius 1 is 1.41 bits per heavy atom. The number of carbonyl (C=O) groups excluding carboxylic acids is 1. The van der Waals surface area contributed by atoms with Crippen LogP contribution in [0.15, 0.2) is 18.5 Å². The second-order valence-electron chi connectivity index (χ2n) is 5.02. The van der Waals surface area contributed by atoms with Gasteiger partial charge in [0.2, 0.25) is 0 Å². The summed E-state index contributed by atoms with van der Waals surface area (Å²) in [7, 11) is 4.08. The average Bonchev–Trinajstić information content (AvgIpc) is 2.75. The first kappa shape index (κ1) is 12.2. The van der Waals surface area contributed by atoms with Crippen LogP contribution in [0.2, 0.25) is 0 Å². The van der Waals surface area contributed by atoms with Crippen LogP contribution in [0.1, 0.15) is 23.2 Å². The highest BCUT2D eigenvalue weighted by molar-refractivity contribution is 5.93. The van der Waals surface area contributed by atoms with Crippen LogP contribution >= 0.6 is 0 Å². The molecule has 4 nitrogen and oxygen atoms in total. The fourth-order valence-corrected chi connectivity index (χ4v) is 2.24. The second-order valence-corrected chi connectivity index (χ2v) is 5.02. The van der Waals surface area contributed by atoms with E-state index in [0.717, 1.165) is 25.2 Å². The van der Waals surface area contributed by atoms with Crippen molar-refractivity contribution in [3.8, 4) is 0 Å². The molecule has 1 aromatic heterocycles. The maximum Gasteiger partial charge on any atom is 0.252 e. The summed E-state index contributed by atoms with van der Waals surface area (Å²) in [5.41, 5.74) is 0.750. The molecule has 1 aliphatic heterocycles. The summed E-state index contributed by atoms with van der Waals surface area (Å²) in [6.45, 7) is 3.10. The minimum absolute atomic E-state index is 0.0459. The average molecular weight is 235 g/mol. The zero-order valence-corrected chi connectivity index (χ0v) is 10.6. The van der Waals surface area contributed by atoms with E-state index in [2.05, 4.69) is 17.3 Å². The first-order valence-electron chi connectivity index (χ1n) is 6.24. The molecule has 0 aliphatic carbocycles. The number of rotatable bonds is 3. The van der Waals surface area contributed by atoms with E-state index >= 15 is 0 Å². The molecule has 0 saturated carbocycles. The van der Waals surface area contributed by atoms with E-state index in [-0.39, 0.29) is 5.91 Å². The number of hydrogen-bond donors (Lipinski definition) is 1. The number of carbonyl (C=O) groups is 1. The molecule has 2 heterocycles. The number of nitrogens with zero attached hydrogens (tertiary/aromatic N) is 2. The van der Waals surface area contributed by atoms with Gasteiger partial charge in [0.15, 0.2) is 0 Å². The Morgan fingerprint density at radius 2 is 2.12 bits per heavy atom. The minimum Gasteiger partial charge on any atom is -0.356 e. The second kappa shape index (κ2) is 5.36. The Hall–Kier alpha value is -1.29. The number of aromatic nitrogens is 1. The Balaban J connectivity index is 1.76. The van der Waals surface area contributed by atoms with Crippen molar-refractivity contribution < 1.29 is 4.79 Å². The molecular weight excluding hydrogens is 214 g/mol. The third kappa shape index (κ3) is 3.33. The van der Waals surface area contributed by atoms with Gasteiger partial charge in [0, 0.05) is 26.0 Å². The summed E-state index contributed by atoms with van der Waals surface area (Å²) in [6.07, 6.45) is 6.12. The van der Waals surface area contributed by atoms with Gasteiger partial charge in [-0.15, -0.1) is 0 Å². The van der Waals surface area contributed by atoms with Gasteiger partial charge in [0.1, 0.15) is 0 Å². The molecular formula is C13H21N3O. The predicted molar refractivity (Wildman–Crippen MR) is 68.0 cm³/mol. The van der Waals surface area contributed by atoms with Crippen LogP contribution in [0.3, 0.4) is 0 Å². The van der Waals surface area contributed by atoms with Gasteiger partial charge in [-0.25, -0.2) is 0 Å². The smallest absolute Gasteiger partial charge is 0.252 e. The molecule has 0 radical (unpaired) electrons. The lowest BCUT2D eigenvalue weighted by atomic mass is 9.97. The lowest BCUT2D eigenvalue weighted by Gasteiger charge is -2.28. The van der Waals surface area contributed by atoms with Gasteiger partial charge in [-0.05, 0) is 45.0 Å². The topological polar surface area (TPSA) is 37.3 Å². The molecule has 94 valence electrons. The molecule has 0 bridgehead atoms. The van der Waals surface area contributed by atoms with E-state index in [1.54, 1.807) is 0 Å². The third-order valence-corrected chi connectivity index (χ3v) is 3.48. The van der Waals surface area contributed by atoms with E-state index in [1.807, 2.05) is 30.1 Å². The maximum atomic E-state index is 11.8. The van der Waals surface area contributed by atoms with Crippen molar-refractivity contribution in [2.75, 3.05) is 26.7 Å². The van der Waals surface area contributed by atoms with Gasteiger partial charge in [0.25, 0.3) is 5.91 Å². The largest absolute Gasteiger partial charge is 0.356 e. The standard InChI is InChI=1S/C13H21N3O/c1-15-6-3-11(4-7-15)9-14-13(17)12-5-8-16(2)10-12/h5,8,10-11H,3-4,6-7,9H2,1-2H3,(H,14,17). The SMILES string of the molecule is CN1CCC(CNC(=O)c2ccn(C)c2)CC1. The molecule has 0 spiro atoms. The normalized spacial score (nSPS) is 18.2. The molecule has 17 heavy (non-hydrogen) atoms. The van der Waals surface area contributed by atoms with Crippen molar-refractivity contribution in [1.29, 1.82) is 0 Å².